The van der Waals surface area contributed by atoms with Crippen molar-refractivity contribution in [3.8, 4) is 17.3 Å². The van der Waals surface area contributed by atoms with Crippen LogP contribution in [0.15, 0.2) is 42.6 Å². The van der Waals surface area contributed by atoms with Crippen molar-refractivity contribution in [3.63, 3.8) is 0 Å². The fourth-order valence-electron chi connectivity index (χ4n) is 3.54. The Balaban J connectivity index is 1.62. The zero-order chi connectivity index (χ0) is 17.9. The summed E-state index contributed by atoms with van der Waals surface area (Å²) in [7, 11) is 1.92. The van der Waals surface area contributed by atoms with Gasteiger partial charge in [-0.25, -0.2) is 4.98 Å². The molecule has 5 nitrogen and oxygen atoms in total. The van der Waals surface area contributed by atoms with Crippen LogP contribution in [0.5, 0.6) is 0 Å². The summed E-state index contributed by atoms with van der Waals surface area (Å²) in [5, 5.41) is 17.5. The summed E-state index contributed by atoms with van der Waals surface area (Å²) in [4.78, 5) is 4.75. The molecule has 0 amide bonds. The summed E-state index contributed by atoms with van der Waals surface area (Å²) >= 11 is 0. The van der Waals surface area contributed by atoms with E-state index in [0.29, 0.717) is 17.9 Å². The minimum absolute atomic E-state index is 0.582. The average molecular weight is 343 g/mol. The Labute approximate surface area is 153 Å². The van der Waals surface area contributed by atoms with E-state index in [0.717, 1.165) is 35.4 Å². The van der Waals surface area contributed by atoms with Gasteiger partial charge in [-0.1, -0.05) is 30.3 Å². The van der Waals surface area contributed by atoms with Gasteiger partial charge in [0.25, 0.3) is 0 Å². The molecule has 0 unspecified atom stereocenters. The van der Waals surface area contributed by atoms with Gasteiger partial charge in [-0.15, -0.1) is 0 Å². The average Bonchev–Trinajstić information content (AvgIpc) is 3.07. The van der Waals surface area contributed by atoms with Crippen molar-refractivity contribution in [2.45, 2.75) is 32.2 Å². The van der Waals surface area contributed by atoms with Gasteiger partial charge in [0.15, 0.2) is 0 Å². The fraction of sp³-hybridized carbons (Fsp3) is 0.286. The topological polar surface area (TPSA) is 66.5 Å². The molecule has 1 N–H and O–H groups in total. The summed E-state index contributed by atoms with van der Waals surface area (Å²) in [5.41, 5.74) is 6.11. The highest BCUT2D eigenvalue weighted by atomic mass is 15.3. The molecule has 1 aliphatic rings. The van der Waals surface area contributed by atoms with E-state index in [1.165, 1.54) is 18.4 Å². The van der Waals surface area contributed by atoms with E-state index in [1.54, 1.807) is 0 Å². The molecule has 0 spiro atoms. The van der Waals surface area contributed by atoms with Gasteiger partial charge in [0.1, 0.15) is 11.9 Å². The quantitative estimate of drug-likeness (QED) is 0.781. The summed E-state index contributed by atoms with van der Waals surface area (Å²) < 4.78 is 1.82. The van der Waals surface area contributed by atoms with Gasteiger partial charge in [-0.3, -0.25) is 4.68 Å². The number of aryl methyl sites for hydroxylation is 3. The first-order valence-electron chi connectivity index (χ1n) is 8.99. The molecule has 1 aliphatic carbocycles. The number of fused-ring (bicyclic) bond motifs is 1. The van der Waals surface area contributed by atoms with Gasteiger partial charge in [0.2, 0.25) is 0 Å². The van der Waals surface area contributed by atoms with Crippen LogP contribution in [-0.4, -0.2) is 14.8 Å². The Hall–Kier alpha value is -3.13. The molecule has 26 heavy (non-hydrogen) atoms. The first-order chi connectivity index (χ1) is 12.7. The van der Waals surface area contributed by atoms with Crippen LogP contribution in [0.1, 0.15) is 35.2 Å². The zero-order valence-corrected chi connectivity index (χ0v) is 14.9. The molecule has 0 aliphatic heterocycles. The van der Waals surface area contributed by atoms with Crippen molar-refractivity contribution in [2.75, 3.05) is 5.32 Å². The van der Waals surface area contributed by atoms with E-state index in [-0.39, 0.29) is 0 Å². The fourth-order valence-corrected chi connectivity index (χ4v) is 3.54. The van der Waals surface area contributed by atoms with Gasteiger partial charge in [-0.2, -0.15) is 10.4 Å². The second-order valence-corrected chi connectivity index (χ2v) is 6.71. The number of nitrogens with zero attached hydrogens (tertiary/aromatic N) is 4. The lowest BCUT2D eigenvalue weighted by molar-refractivity contribution is 0.668. The third-order valence-corrected chi connectivity index (χ3v) is 4.82. The number of nitrogens with one attached hydrogen (secondary N) is 1. The lowest BCUT2D eigenvalue weighted by Gasteiger charge is -2.17. The summed E-state index contributed by atoms with van der Waals surface area (Å²) in [6.07, 6.45) is 6.39. The smallest absolute Gasteiger partial charge is 0.144 e. The van der Waals surface area contributed by atoms with E-state index in [4.69, 9.17) is 4.98 Å². The van der Waals surface area contributed by atoms with Crippen LogP contribution in [0.4, 0.5) is 5.82 Å². The first kappa shape index (κ1) is 16.3. The molecule has 2 aromatic heterocycles. The Morgan fingerprint density at radius 3 is 2.81 bits per heavy atom. The monoisotopic (exact) mass is 343 g/mol. The SMILES string of the molecule is Cn1cc(CNc2nc3c(cc2C#N)CCCC3)c(-c2ccccc2)n1. The Kier molecular flexibility index (Phi) is 4.40. The van der Waals surface area contributed by atoms with E-state index in [1.807, 2.05) is 42.2 Å². The zero-order valence-electron chi connectivity index (χ0n) is 14.9. The molecular formula is C21H21N5. The van der Waals surface area contributed by atoms with Gasteiger partial charge in [0.05, 0.1) is 11.3 Å². The second kappa shape index (κ2) is 7.01. The molecule has 5 heteroatoms. The van der Waals surface area contributed by atoms with Crippen molar-refractivity contribution in [1.29, 1.82) is 5.26 Å². The molecule has 0 saturated carbocycles. The third-order valence-electron chi connectivity index (χ3n) is 4.82. The van der Waals surface area contributed by atoms with Crippen LogP contribution < -0.4 is 5.32 Å². The highest BCUT2D eigenvalue weighted by Gasteiger charge is 2.16. The maximum atomic E-state index is 9.51. The third kappa shape index (κ3) is 3.18. The summed E-state index contributed by atoms with van der Waals surface area (Å²) in [6, 6.07) is 14.4. The Morgan fingerprint density at radius 2 is 2.00 bits per heavy atom. The van der Waals surface area contributed by atoms with Crippen LogP contribution in [0.25, 0.3) is 11.3 Å². The van der Waals surface area contributed by atoms with Crippen molar-refractivity contribution in [2.24, 2.45) is 7.05 Å². The van der Waals surface area contributed by atoms with Crippen molar-refractivity contribution >= 4 is 5.82 Å². The van der Waals surface area contributed by atoms with Crippen LogP contribution in [0.3, 0.4) is 0 Å². The van der Waals surface area contributed by atoms with E-state index in [9.17, 15) is 5.26 Å². The molecular weight excluding hydrogens is 322 g/mol. The largest absolute Gasteiger partial charge is 0.365 e. The number of benzene rings is 1. The maximum absolute atomic E-state index is 9.51. The number of pyridine rings is 1. The molecule has 2 heterocycles. The summed E-state index contributed by atoms with van der Waals surface area (Å²) in [5.74, 6) is 0.677. The minimum Gasteiger partial charge on any atom is -0.365 e. The lowest BCUT2D eigenvalue weighted by Crippen LogP contribution is -2.11. The molecule has 130 valence electrons. The standard InChI is InChI=1S/C21H21N5/c1-26-14-18(20(25-26)15-7-3-2-4-8-15)13-23-21-17(12-22)11-16-9-5-6-10-19(16)24-21/h2-4,7-8,11,14H,5-6,9-10,13H2,1H3,(H,23,24). The Bertz CT molecular complexity index is 966. The number of rotatable bonds is 4. The predicted octanol–water partition coefficient (Wildman–Crippen LogP) is 3.84. The highest BCUT2D eigenvalue weighted by molar-refractivity contribution is 5.63. The number of anilines is 1. The van der Waals surface area contributed by atoms with E-state index in [2.05, 4.69) is 28.6 Å². The van der Waals surface area contributed by atoms with Crippen molar-refractivity contribution in [3.05, 3.63) is 65.0 Å². The molecule has 4 rings (SSSR count). The lowest BCUT2D eigenvalue weighted by atomic mass is 9.95. The molecule has 0 fully saturated rings. The normalized spacial score (nSPS) is 13.1. The molecule has 3 aromatic rings. The van der Waals surface area contributed by atoms with Crippen LogP contribution in [0.2, 0.25) is 0 Å². The van der Waals surface area contributed by atoms with Gasteiger partial charge in [-0.05, 0) is 37.3 Å². The van der Waals surface area contributed by atoms with E-state index < -0.39 is 0 Å². The second-order valence-electron chi connectivity index (χ2n) is 6.71. The number of hydrogen-bond donors (Lipinski definition) is 1. The number of nitriles is 1. The maximum Gasteiger partial charge on any atom is 0.144 e. The van der Waals surface area contributed by atoms with Crippen LogP contribution in [-0.2, 0) is 26.4 Å². The molecule has 0 atom stereocenters. The molecule has 0 radical (unpaired) electrons. The Morgan fingerprint density at radius 1 is 1.19 bits per heavy atom. The molecule has 1 aromatic carbocycles. The minimum atomic E-state index is 0.582. The predicted molar refractivity (Wildman–Crippen MR) is 102 cm³/mol. The van der Waals surface area contributed by atoms with Gasteiger partial charge in [0, 0.05) is 36.6 Å². The van der Waals surface area contributed by atoms with E-state index >= 15 is 0 Å². The van der Waals surface area contributed by atoms with Gasteiger partial charge < -0.3 is 5.32 Å². The molecule has 0 saturated heterocycles. The number of hydrogen-bond acceptors (Lipinski definition) is 4. The molecule has 0 bridgehead atoms. The summed E-state index contributed by atoms with van der Waals surface area (Å²) in [6.45, 7) is 0.582. The van der Waals surface area contributed by atoms with Crippen molar-refractivity contribution in [1.82, 2.24) is 14.8 Å². The highest BCUT2D eigenvalue weighted by Crippen LogP contribution is 2.26. The van der Waals surface area contributed by atoms with Crippen LogP contribution in [0, 0.1) is 11.3 Å². The first-order valence-corrected chi connectivity index (χ1v) is 8.99. The van der Waals surface area contributed by atoms with Crippen molar-refractivity contribution < 1.29 is 0 Å². The van der Waals surface area contributed by atoms with Gasteiger partial charge >= 0.3 is 0 Å². The van der Waals surface area contributed by atoms with Crippen LogP contribution >= 0.6 is 0 Å². The number of aromatic nitrogens is 3.